The van der Waals surface area contributed by atoms with Crippen molar-refractivity contribution in [1.82, 2.24) is 30.0 Å². The van der Waals surface area contributed by atoms with Crippen molar-refractivity contribution >= 4 is 6.09 Å². The molecule has 3 aliphatic heterocycles. The summed E-state index contributed by atoms with van der Waals surface area (Å²) in [5.41, 5.74) is 4.12. The molecule has 0 saturated carbocycles. The molecular formula is C26H36N6O3. The van der Waals surface area contributed by atoms with Crippen LogP contribution in [0.1, 0.15) is 47.8 Å². The van der Waals surface area contributed by atoms with Crippen LogP contribution in [0.2, 0.25) is 0 Å². The molecule has 5 rings (SSSR count). The minimum atomic E-state index is -0.905. The average molecular weight is 481 g/mol. The maximum atomic E-state index is 12.0. The number of fused-ring (bicyclic) bond motifs is 1. The Kier molecular flexibility index (Phi) is 7.75. The predicted molar refractivity (Wildman–Crippen MR) is 132 cm³/mol. The second-order valence-electron chi connectivity index (χ2n) is 9.71. The number of amides is 1. The molecule has 1 aromatic carbocycles. The molecule has 0 bridgehead atoms. The maximum Gasteiger partial charge on any atom is 0.407 e. The summed E-state index contributed by atoms with van der Waals surface area (Å²) in [5, 5.41) is 13.2. The number of rotatable bonds is 7. The maximum absolute atomic E-state index is 12.0. The number of ether oxygens (including phenoxy) is 1. The predicted octanol–water partition coefficient (Wildman–Crippen LogP) is 2.52. The van der Waals surface area contributed by atoms with E-state index in [-0.39, 0.29) is 6.04 Å². The molecule has 1 aromatic heterocycles. The molecule has 2 N–H and O–H groups in total. The van der Waals surface area contributed by atoms with Crippen LogP contribution in [0.15, 0.2) is 30.3 Å². The quantitative estimate of drug-likeness (QED) is 0.625. The zero-order chi connectivity index (χ0) is 24.0. The number of piperidine rings is 1. The smallest absolute Gasteiger partial charge is 0.407 e. The standard InChI is InChI=1S/C26H36N6O3/c33-26(34)32-14-10-27-17-23(32)24-21-9-13-31(18-20-7-3-1-4-8-20)19-22(21)28-25(29-24)35-16-15-30-11-5-2-6-12-30/h1,3-4,7-8,23,27H,2,5-6,9-19H2,(H,33,34). The van der Waals surface area contributed by atoms with Crippen molar-refractivity contribution in [3.8, 4) is 6.01 Å². The minimum absolute atomic E-state index is 0.330. The molecular weight excluding hydrogens is 444 g/mol. The fourth-order valence-electron chi connectivity index (χ4n) is 5.43. The highest BCUT2D eigenvalue weighted by molar-refractivity contribution is 5.66. The highest BCUT2D eigenvalue weighted by atomic mass is 16.5. The minimum Gasteiger partial charge on any atom is -0.465 e. The van der Waals surface area contributed by atoms with Gasteiger partial charge in [-0.1, -0.05) is 36.8 Å². The van der Waals surface area contributed by atoms with E-state index in [0.717, 1.165) is 56.1 Å². The molecule has 1 amide bonds. The number of likely N-dealkylation sites (tertiary alicyclic amines) is 1. The number of aromatic nitrogens is 2. The van der Waals surface area contributed by atoms with Gasteiger partial charge in [0.15, 0.2) is 0 Å². The van der Waals surface area contributed by atoms with Gasteiger partial charge in [0, 0.05) is 51.4 Å². The van der Waals surface area contributed by atoms with Crippen LogP contribution in [0.5, 0.6) is 6.01 Å². The van der Waals surface area contributed by atoms with Gasteiger partial charge in [-0.3, -0.25) is 14.7 Å². The molecule has 188 valence electrons. The summed E-state index contributed by atoms with van der Waals surface area (Å²) in [5.74, 6) is 0. The van der Waals surface area contributed by atoms with Gasteiger partial charge in [0.2, 0.25) is 0 Å². The lowest BCUT2D eigenvalue weighted by molar-refractivity contribution is 0.109. The molecule has 2 fully saturated rings. The number of hydrogen-bond donors (Lipinski definition) is 2. The number of nitrogens with one attached hydrogen (secondary N) is 1. The first-order valence-corrected chi connectivity index (χ1v) is 12.9. The average Bonchev–Trinajstić information content (AvgIpc) is 2.89. The largest absolute Gasteiger partial charge is 0.465 e. The molecule has 3 aliphatic rings. The van der Waals surface area contributed by atoms with Gasteiger partial charge in [-0.25, -0.2) is 4.79 Å². The number of hydrogen-bond acceptors (Lipinski definition) is 7. The van der Waals surface area contributed by atoms with Crippen LogP contribution in [-0.4, -0.2) is 88.3 Å². The Labute approximate surface area is 207 Å². The number of nitrogens with zero attached hydrogens (tertiary/aromatic N) is 5. The first kappa shape index (κ1) is 24.0. The molecule has 0 spiro atoms. The SMILES string of the molecule is O=C(O)N1CCNCC1c1nc(OCCN2CCCCC2)nc2c1CCN(Cc1ccccc1)C2. The monoisotopic (exact) mass is 480 g/mol. The van der Waals surface area contributed by atoms with Crippen molar-refractivity contribution in [2.75, 3.05) is 52.4 Å². The van der Waals surface area contributed by atoms with E-state index in [1.54, 1.807) is 0 Å². The van der Waals surface area contributed by atoms with Crippen molar-refractivity contribution in [3.63, 3.8) is 0 Å². The highest BCUT2D eigenvalue weighted by Gasteiger charge is 2.34. The van der Waals surface area contributed by atoms with E-state index in [4.69, 9.17) is 14.7 Å². The van der Waals surface area contributed by atoms with Crippen LogP contribution in [0, 0.1) is 0 Å². The van der Waals surface area contributed by atoms with E-state index in [1.807, 2.05) is 6.07 Å². The summed E-state index contributed by atoms with van der Waals surface area (Å²) < 4.78 is 6.09. The molecule has 2 saturated heterocycles. The molecule has 1 unspecified atom stereocenters. The molecule has 0 aliphatic carbocycles. The molecule has 0 radical (unpaired) electrons. The number of carboxylic acid groups (broad SMARTS) is 1. The van der Waals surface area contributed by atoms with E-state index in [0.29, 0.717) is 38.8 Å². The van der Waals surface area contributed by atoms with Crippen LogP contribution < -0.4 is 10.1 Å². The lowest BCUT2D eigenvalue weighted by Crippen LogP contribution is -2.49. The van der Waals surface area contributed by atoms with Crippen LogP contribution in [0.3, 0.4) is 0 Å². The van der Waals surface area contributed by atoms with Crippen LogP contribution in [0.4, 0.5) is 4.79 Å². The van der Waals surface area contributed by atoms with E-state index >= 15 is 0 Å². The van der Waals surface area contributed by atoms with Crippen molar-refractivity contribution in [1.29, 1.82) is 0 Å². The molecule has 4 heterocycles. The first-order chi connectivity index (χ1) is 17.2. The Hall–Kier alpha value is -2.75. The fraction of sp³-hybridized carbons (Fsp3) is 0.577. The third-order valence-corrected chi connectivity index (χ3v) is 7.30. The van der Waals surface area contributed by atoms with Gasteiger partial charge in [-0.2, -0.15) is 9.97 Å². The van der Waals surface area contributed by atoms with Crippen LogP contribution >= 0.6 is 0 Å². The van der Waals surface area contributed by atoms with Crippen molar-refractivity contribution < 1.29 is 14.6 Å². The second kappa shape index (κ2) is 11.3. The van der Waals surface area contributed by atoms with E-state index in [9.17, 15) is 9.90 Å². The van der Waals surface area contributed by atoms with Gasteiger partial charge >= 0.3 is 12.1 Å². The van der Waals surface area contributed by atoms with Gasteiger partial charge < -0.3 is 15.2 Å². The Bertz CT molecular complexity index is 998. The lowest BCUT2D eigenvalue weighted by Gasteiger charge is -2.36. The van der Waals surface area contributed by atoms with Gasteiger partial charge in [0.25, 0.3) is 0 Å². The molecule has 35 heavy (non-hydrogen) atoms. The zero-order valence-electron chi connectivity index (χ0n) is 20.4. The van der Waals surface area contributed by atoms with Gasteiger partial charge in [-0.05, 0) is 37.9 Å². The molecule has 9 nitrogen and oxygen atoms in total. The third-order valence-electron chi connectivity index (χ3n) is 7.30. The number of piperazine rings is 1. The normalized spacial score (nSPS) is 21.5. The fourth-order valence-corrected chi connectivity index (χ4v) is 5.43. The van der Waals surface area contributed by atoms with Crippen molar-refractivity contribution in [3.05, 3.63) is 52.8 Å². The van der Waals surface area contributed by atoms with Gasteiger partial charge in [0.1, 0.15) is 6.61 Å². The number of carbonyl (C=O) groups is 1. The van der Waals surface area contributed by atoms with E-state index in [2.05, 4.69) is 39.4 Å². The van der Waals surface area contributed by atoms with Crippen LogP contribution in [0.25, 0.3) is 0 Å². The lowest BCUT2D eigenvalue weighted by atomic mass is 9.97. The highest BCUT2D eigenvalue weighted by Crippen LogP contribution is 2.31. The zero-order valence-corrected chi connectivity index (χ0v) is 20.4. The van der Waals surface area contributed by atoms with Gasteiger partial charge in [-0.15, -0.1) is 0 Å². The van der Waals surface area contributed by atoms with Crippen molar-refractivity contribution in [2.45, 2.75) is 44.8 Å². The Balaban J connectivity index is 1.37. The summed E-state index contributed by atoms with van der Waals surface area (Å²) in [6.07, 6.45) is 3.70. The summed E-state index contributed by atoms with van der Waals surface area (Å²) >= 11 is 0. The topological polar surface area (TPSA) is 94.1 Å². The summed E-state index contributed by atoms with van der Waals surface area (Å²) in [6, 6.07) is 10.5. The van der Waals surface area contributed by atoms with E-state index < -0.39 is 6.09 Å². The number of benzene rings is 1. The molecule has 1 atom stereocenters. The summed E-state index contributed by atoms with van der Waals surface area (Å²) in [4.78, 5) is 28.0. The second-order valence-corrected chi connectivity index (χ2v) is 9.71. The summed E-state index contributed by atoms with van der Waals surface area (Å²) in [7, 11) is 0. The van der Waals surface area contributed by atoms with E-state index in [1.165, 1.54) is 29.7 Å². The first-order valence-electron chi connectivity index (χ1n) is 12.9. The van der Waals surface area contributed by atoms with Gasteiger partial charge in [0.05, 0.1) is 17.4 Å². The third kappa shape index (κ3) is 5.91. The van der Waals surface area contributed by atoms with Crippen LogP contribution in [-0.2, 0) is 19.5 Å². The van der Waals surface area contributed by atoms with Crippen molar-refractivity contribution in [2.24, 2.45) is 0 Å². The molecule has 9 heteroatoms. The molecule has 2 aromatic rings. The summed E-state index contributed by atoms with van der Waals surface area (Å²) in [6.45, 7) is 7.75. The Morgan fingerprint density at radius 2 is 1.89 bits per heavy atom. The Morgan fingerprint density at radius 1 is 1.06 bits per heavy atom. The Morgan fingerprint density at radius 3 is 2.69 bits per heavy atom.